The van der Waals surface area contributed by atoms with Gasteiger partial charge in [0.2, 0.25) is 0 Å². The topological polar surface area (TPSA) is 21.5 Å². The fourth-order valence-electron chi connectivity index (χ4n) is 4.90. The smallest absolute Gasteiger partial charge is 0.184 e. The predicted octanol–water partition coefficient (Wildman–Crippen LogP) is 4.98. The lowest BCUT2D eigenvalue weighted by Crippen LogP contribution is -3.00. The molecular formula is C29H40Cl2FNO2. The third kappa shape index (κ3) is 8.11. The Kier molecular flexibility index (Phi) is 12.9. The number of unbranched alkanes of at least 4 members (excludes halogenated alkanes) is 8. The molecule has 0 saturated heterocycles. The minimum absolute atomic E-state index is 0. The summed E-state index contributed by atoms with van der Waals surface area (Å²) >= 11 is 6.38. The van der Waals surface area contributed by atoms with Crippen molar-refractivity contribution >= 4 is 17.3 Å². The van der Waals surface area contributed by atoms with E-state index in [0.717, 1.165) is 37.3 Å². The number of hydrogen-bond acceptors (Lipinski definition) is 2. The number of hydrogen-bond donors (Lipinski definition) is 0. The van der Waals surface area contributed by atoms with Crippen LogP contribution >= 0.6 is 11.6 Å². The molecule has 1 aliphatic heterocycles. The van der Waals surface area contributed by atoms with Crippen molar-refractivity contribution in [1.29, 1.82) is 0 Å². The number of ether oxygens (including phenoxy) is 2. The third-order valence-corrected chi connectivity index (χ3v) is 7.23. The summed E-state index contributed by atoms with van der Waals surface area (Å²) in [6, 6.07) is 9.11. The predicted molar refractivity (Wildman–Crippen MR) is 139 cm³/mol. The van der Waals surface area contributed by atoms with E-state index in [0.29, 0.717) is 17.1 Å². The summed E-state index contributed by atoms with van der Waals surface area (Å²) in [5, 5.41) is 0.487. The minimum atomic E-state index is -0.243. The van der Waals surface area contributed by atoms with Crippen LogP contribution in [0.2, 0.25) is 5.02 Å². The Morgan fingerprint density at radius 2 is 1.54 bits per heavy atom. The monoisotopic (exact) mass is 523 g/mol. The lowest BCUT2D eigenvalue weighted by Gasteiger charge is -2.21. The van der Waals surface area contributed by atoms with Gasteiger partial charge in [0.25, 0.3) is 0 Å². The number of fused-ring (bicyclic) bond motifs is 1. The number of rotatable bonds is 14. The molecular weight excluding hydrogens is 484 g/mol. The van der Waals surface area contributed by atoms with E-state index in [2.05, 4.69) is 23.6 Å². The minimum Gasteiger partial charge on any atom is -1.00 e. The molecule has 0 saturated carbocycles. The SMILES string of the molecule is CCCCCCCCCCCC1=[N+](Cc2c(F)cccc2Cl)CCc2cc(OC)c(OC)cc21.[Cl-]. The zero-order valence-electron chi connectivity index (χ0n) is 21.5. The number of nitrogens with zero attached hydrogens (tertiary/aromatic N) is 1. The zero-order chi connectivity index (χ0) is 24.3. The van der Waals surface area contributed by atoms with Crippen LogP contribution in [0.4, 0.5) is 4.39 Å². The standard InChI is InChI=1S/C29H40ClFNO2.ClH/c1-4-5-6-7-8-9-10-11-12-16-27-23-20-29(34-3)28(33-2)19-22(23)17-18-32(27)21-24-25(30)14-13-15-26(24)31;/h13-15,19-20H,4-12,16-18,21H2,1-3H3;1H/q+1;/p-1. The quantitative estimate of drug-likeness (QED) is 0.257. The molecule has 1 aliphatic rings. The van der Waals surface area contributed by atoms with Crippen LogP contribution < -0.4 is 21.9 Å². The van der Waals surface area contributed by atoms with Gasteiger partial charge in [-0.25, -0.2) is 8.97 Å². The van der Waals surface area contributed by atoms with Gasteiger partial charge >= 0.3 is 0 Å². The van der Waals surface area contributed by atoms with Crippen molar-refractivity contribution in [2.24, 2.45) is 0 Å². The third-order valence-electron chi connectivity index (χ3n) is 6.88. The molecule has 1 heterocycles. The Morgan fingerprint density at radius 1 is 0.914 bits per heavy atom. The summed E-state index contributed by atoms with van der Waals surface area (Å²) in [4.78, 5) is 0. The second-order valence-corrected chi connectivity index (χ2v) is 9.67. The van der Waals surface area contributed by atoms with Gasteiger partial charge in [0.15, 0.2) is 23.8 Å². The molecule has 0 spiro atoms. The first kappa shape index (κ1) is 29.5. The molecule has 0 N–H and O–H groups in total. The van der Waals surface area contributed by atoms with Crippen LogP contribution in [0.25, 0.3) is 0 Å². The molecule has 0 amide bonds. The molecule has 0 bridgehead atoms. The molecule has 3 rings (SSSR count). The van der Waals surface area contributed by atoms with Crippen molar-refractivity contribution in [3.63, 3.8) is 0 Å². The van der Waals surface area contributed by atoms with Crippen LogP contribution in [0, 0.1) is 5.82 Å². The molecule has 0 aliphatic carbocycles. The summed E-state index contributed by atoms with van der Waals surface area (Å²) in [7, 11) is 3.34. The van der Waals surface area contributed by atoms with E-state index < -0.39 is 0 Å². The Balaban J connectivity index is 0.00000432. The summed E-state index contributed by atoms with van der Waals surface area (Å²) < 4.78 is 28.0. The summed E-state index contributed by atoms with van der Waals surface area (Å²) in [5.74, 6) is 1.25. The second kappa shape index (κ2) is 15.4. The summed E-state index contributed by atoms with van der Waals surface area (Å²) in [6.07, 6.45) is 13.5. The van der Waals surface area contributed by atoms with Crippen molar-refractivity contribution in [1.82, 2.24) is 0 Å². The van der Waals surface area contributed by atoms with E-state index in [-0.39, 0.29) is 18.2 Å². The van der Waals surface area contributed by atoms with Crippen LogP contribution in [0.15, 0.2) is 30.3 Å². The van der Waals surface area contributed by atoms with Crippen molar-refractivity contribution in [2.45, 2.75) is 84.1 Å². The Labute approximate surface area is 222 Å². The van der Waals surface area contributed by atoms with E-state index in [1.807, 2.05) is 0 Å². The van der Waals surface area contributed by atoms with Crippen LogP contribution in [-0.4, -0.2) is 31.1 Å². The molecule has 2 aromatic rings. The number of benzene rings is 2. The Hall–Kier alpha value is -1.78. The van der Waals surface area contributed by atoms with Gasteiger partial charge in [-0.1, -0.05) is 76.0 Å². The van der Waals surface area contributed by atoms with Gasteiger partial charge < -0.3 is 21.9 Å². The highest BCUT2D eigenvalue weighted by molar-refractivity contribution is 6.31. The fraction of sp³-hybridized carbons (Fsp3) is 0.552. The lowest BCUT2D eigenvalue weighted by atomic mass is 9.92. The second-order valence-electron chi connectivity index (χ2n) is 9.26. The molecule has 6 heteroatoms. The highest BCUT2D eigenvalue weighted by Gasteiger charge is 2.28. The Morgan fingerprint density at radius 3 is 2.17 bits per heavy atom. The van der Waals surface area contributed by atoms with E-state index >= 15 is 0 Å². The molecule has 0 fully saturated rings. The maximum atomic E-state index is 14.6. The molecule has 0 unspecified atom stereocenters. The van der Waals surface area contributed by atoms with Gasteiger partial charge in [-0.15, -0.1) is 0 Å². The highest BCUT2D eigenvalue weighted by Crippen LogP contribution is 2.34. The van der Waals surface area contributed by atoms with Crippen LogP contribution in [0.5, 0.6) is 11.5 Å². The lowest BCUT2D eigenvalue weighted by molar-refractivity contribution is -0.546. The first-order valence-corrected chi connectivity index (χ1v) is 13.3. The van der Waals surface area contributed by atoms with E-state index in [1.165, 1.54) is 74.3 Å². The first-order chi connectivity index (χ1) is 16.6. The van der Waals surface area contributed by atoms with E-state index in [4.69, 9.17) is 21.1 Å². The van der Waals surface area contributed by atoms with Crippen LogP contribution in [0.1, 0.15) is 87.8 Å². The molecule has 3 nitrogen and oxygen atoms in total. The zero-order valence-corrected chi connectivity index (χ0v) is 23.0. The summed E-state index contributed by atoms with van der Waals surface area (Å²) in [5.41, 5.74) is 4.28. The normalized spacial score (nSPS) is 12.8. The highest BCUT2D eigenvalue weighted by atomic mass is 35.5. The molecule has 194 valence electrons. The molecule has 2 aromatic carbocycles. The van der Waals surface area contributed by atoms with E-state index in [1.54, 1.807) is 26.4 Å². The van der Waals surface area contributed by atoms with Crippen molar-refractivity contribution in [2.75, 3.05) is 20.8 Å². The first-order valence-electron chi connectivity index (χ1n) is 12.9. The van der Waals surface area contributed by atoms with Crippen molar-refractivity contribution < 1.29 is 30.8 Å². The van der Waals surface area contributed by atoms with Crippen LogP contribution in [0.3, 0.4) is 0 Å². The molecule has 0 atom stereocenters. The van der Waals surface area contributed by atoms with Gasteiger partial charge in [-0.2, -0.15) is 0 Å². The van der Waals surface area contributed by atoms with Gasteiger partial charge in [0, 0.05) is 18.4 Å². The van der Waals surface area contributed by atoms with Gasteiger partial charge in [0.05, 0.1) is 24.8 Å². The van der Waals surface area contributed by atoms with Gasteiger partial charge in [0.1, 0.15) is 12.4 Å². The van der Waals surface area contributed by atoms with Crippen molar-refractivity contribution in [3.8, 4) is 11.5 Å². The van der Waals surface area contributed by atoms with E-state index in [9.17, 15) is 4.39 Å². The van der Waals surface area contributed by atoms with Crippen molar-refractivity contribution in [3.05, 3.63) is 57.9 Å². The Bertz CT molecular complexity index is 957. The van der Waals surface area contributed by atoms with Gasteiger partial charge in [-0.05, 0) is 36.2 Å². The fourth-order valence-corrected chi connectivity index (χ4v) is 5.12. The molecule has 35 heavy (non-hydrogen) atoms. The average Bonchev–Trinajstić information content (AvgIpc) is 2.85. The van der Waals surface area contributed by atoms with Crippen LogP contribution in [-0.2, 0) is 13.0 Å². The van der Waals surface area contributed by atoms with Gasteiger partial charge in [-0.3, -0.25) is 0 Å². The largest absolute Gasteiger partial charge is 1.00 e. The maximum absolute atomic E-state index is 14.6. The number of methoxy groups -OCH3 is 2. The maximum Gasteiger partial charge on any atom is 0.184 e. The molecule has 0 radical (unpaired) electrons. The average molecular weight is 525 g/mol. The molecule has 0 aromatic heterocycles. The summed E-state index contributed by atoms with van der Waals surface area (Å²) in [6.45, 7) is 3.57. The number of halogens is 3.